The van der Waals surface area contributed by atoms with Crippen LogP contribution >= 0.6 is 0 Å². The lowest BCUT2D eigenvalue weighted by Gasteiger charge is -2.22. The van der Waals surface area contributed by atoms with Gasteiger partial charge in [-0.3, -0.25) is 9.59 Å². The lowest BCUT2D eigenvalue weighted by Crippen LogP contribution is -2.38. The Hall–Kier alpha value is -2.17. The SMILES string of the molecule is Cc1ccc(/C=N\NC(=O)CC(=O)NC2CCCCC2)cc1. The zero-order valence-corrected chi connectivity index (χ0v) is 13.0. The van der Waals surface area contributed by atoms with Crippen LogP contribution in [0.15, 0.2) is 29.4 Å². The second kappa shape index (κ2) is 8.32. The minimum atomic E-state index is -0.392. The van der Waals surface area contributed by atoms with Crippen molar-refractivity contribution in [1.29, 1.82) is 0 Å². The molecule has 1 aromatic rings. The Kier molecular flexibility index (Phi) is 6.13. The minimum Gasteiger partial charge on any atom is -0.353 e. The Bertz CT molecular complexity index is 531. The zero-order chi connectivity index (χ0) is 15.8. The van der Waals surface area contributed by atoms with E-state index in [0.29, 0.717) is 0 Å². The monoisotopic (exact) mass is 301 g/mol. The molecule has 2 rings (SSSR count). The molecule has 5 nitrogen and oxygen atoms in total. The molecule has 0 unspecified atom stereocenters. The van der Waals surface area contributed by atoms with Gasteiger partial charge >= 0.3 is 0 Å². The van der Waals surface area contributed by atoms with Crippen LogP contribution in [0.25, 0.3) is 0 Å². The highest BCUT2D eigenvalue weighted by Gasteiger charge is 2.17. The maximum Gasteiger partial charge on any atom is 0.249 e. The number of rotatable bonds is 5. The number of amides is 2. The van der Waals surface area contributed by atoms with Gasteiger partial charge in [0.15, 0.2) is 0 Å². The van der Waals surface area contributed by atoms with Crippen molar-refractivity contribution in [1.82, 2.24) is 10.7 Å². The molecule has 1 aliphatic carbocycles. The molecule has 1 saturated carbocycles. The summed E-state index contributed by atoms with van der Waals surface area (Å²) in [6.07, 6.45) is 6.95. The Balaban J connectivity index is 1.70. The number of hydrogen-bond donors (Lipinski definition) is 2. The average molecular weight is 301 g/mol. The predicted molar refractivity (Wildman–Crippen MR) is 86.5 cm³/mol. The molecule has 0 aromatic heterocycles. The van der Waals surface area contributed by atoms with Crippen molar-refractivity contribution >= 4 is 18.0 Å². The molecule has 0 heterocycles. The first kappa shape index (κ1) is 16.2. The van der Waals surface area contributed by atoms with Crippen molar-refractivity contribution in [2.24, 2.45) is 5.10 Å². The number of hydrazone groups is 1. The number of nitrogens with one attached hydrogen (secondary N) is 2. The molecule has 0 radical (unpaired) electrons. The van der Waals surface area contributed by atoms with Crippen LogP contribution in [0.2, 0.25) is 0 Å². The summed E-state index contributed by atoms with van der Waals surface area (Å²) in [6, 6.07) is 8.01. The number of hydrogen-bond acceptors (Lipinski definition) is 3. The summed E-state index contributed by atoms with van der Waals surface area (Å²) < 4.78 is 0. The Labute approximate surface area is 131 Å². The van der Waals surface area contributed by atoms with Crippen LogP contribution in [-0.4, -0.2) is 24.1 Å². The molecule has 1 fully saturated rings. The van der Waals surface area contributed by atoms with Gasteiger partial charge in [-0.05, 0) is 25.3 Å². The molecule has 2 amide bonds. The molecule has 0 bridgehead atoms. The summed E-state index contributed by atoms with van der Waals surface area (Å²) in [5.41, 5.74) is 4.45. The number of carbonyl (C=O) groups excluding carboxylic acids is 2. The van der Waals surface area contributed by atoms with Gasteiger partial charge in [0.05, 0.1) is 6.21 Å². The van der Waals surface area contributed by atoms with E-state index in [9.17, 15) is 9.59 Å². The van der Waals surface area contributed by atoms with Crippen LogP contribution in [0, 0.1) is 6.92 Å². The van der Waals surface area contributed by atoms with Crippen LogP contribution in [0.1, 0.15) is 49.7 Å². The van der Waals surface area contributed by atoms with E-state index >= 15 is 0 Å². The van der Waals surface area contributed by atoms with Crippen LogP contribution in [-0.2, 0) is 9.59 Å². The number of benzene rings is 1. The van der Waals surface area contributed by atoms with Gasteiger partial charge in [0.2, 0.25) is 11.8 Å². The second-order valence-corrected chi connectivity index (χ2v) is 5.78. The van der Waals surface area contributed by atoms with Gasteiger partial charge in [0.25, 0.3) is 0 Å². The normalized spacial score (nSPS) is 15.7. The molecule has 5 heteroatoms. The predicted octanol–water partition coefficient (Wildman–Crippen LogP) is 2.28. The first-order valence-electron chi connectivity index (χ1n) is 7.81. The van der Waals surface area contributed by atoms with Crippen molar-refractivity contribution in [2.45, 2.75) is 51.5 Å². The van der Waals surface area contributed by atoms with Gasteiger partial charge in [-0.25, -0.2) is 5.43 Å². The molecule has 0 atom stereocenters. The molecule has 22 heavy (non-hydrogen) atoms. The van der Waals surface area contributed by atoms with E-state index in [1.165, 1.54) is 12.0 Å². The van der Waals surface area contributed by atoms with E-state index in [0.717, 1.165) is 31.2 Å². The Morgan fingerprint density at radius 3 is 2.50 bits per heavy atom. The standard InChI is InChI=1S/C17H23N3O2/c1-13-7-9-14(10-8-13)12-18-20-17(22)11-16(21)19-15-5-3-2-4-6-15/h7-10,12,15H,2-6,11H2,1H3,(H,19,21)(H,20,22)/b18-12-. The maximum absolute atomic E-state index is 11.8. The first-order valence-corrected chi connectivity index (χ1v) is 7.81. The third-order valence-electron chi connectivity index (χ3n) is 3.77. The van der Waals surface area contributed by atoms with E-state index in [2.05, 4.69) is 15.8 Å². The van der Waals surface area contributed by atoms with E-state index in [-0.39, 0.29) is 18.4 Å². The van der Waals surface area contributed by atoms with Gasteiger partial charge in [-0.1, -0.05) is 49.1 Å². The number of carbonyl (C=O) groups is 2. The molecule has 118 valence electrons. The third-order valence-corrected chi connectivity index (χ3v) is 3.77. The second-order valence-electron chi connectivity index (χ2n) is 5.78. The van der Waals surface area contributed by atoms with E-state index in [4.69, 9.17) is 0 Å². The molecular formula is C17H23N3O2. The molecule has 0 aliphatic heterocycles. The molecule has 0 saturated heterocycles. The van der Waals surface area contributed by atoms with Gasteiger partial charge in [0.1, 0.15) is 6.42 Å². The highest BCUT2D eigenvalue weighted by Crippen LogP contribution is 2.17. The van der Waals surface area contributed by atoms with E-state index in [1.807, 2.05) is 31.2 Å². The number of aryl methyl sites for hydroxylation is 1. The van der Waals surface area contributed by atoms with Crippen molar-refractivity contribution in [3.8, 4) is 0 Å². The van der Waals surface area contributed by atoms with Crippen LogP contribution < -0.4 is 10.7 Å². The Morgan fingerprint density at radius 1 is 1.14 bits per heavy atom. The topological polar surface area (TPSA) is 70.6 Å². The summed E-state index contributed by atoms with van der Waals surface area (Å²) in [7, 11) is 0. The van der Waals surface area contributed by atoms with Crippen molar-refractivity contribution in [2.75, 3.05) is 0 Å². The van der Waals surface area contributed by atoms with Gasteiger partial charge in [-0.15, -0.1) is 0 Å². The molecular weight excluding hydrogens is 278 g/mol. The fourth-order valence-electron chi connectivity index (χ4n) is 2.54. The third kappa shape index (κ3) is 5.68. The molecule has 1 aromatic carbocycles. The largest absolute Gasteiger partial charge is 0.353 e. The van der Waals surface area contributed by atoms with Crippen LogP contribution in [0.4, 0.5) is 0 Å². The van der Waals surface area contributed by atoms with Crippen molar-refractivity contribution < 1.29 is 9.59 Å². The summed E-state index contributed by atoms with van der Waals surface area (Å²) in [5, 5.41) is 6.78. The zero-order valence-electron chi connectivity index (χ0n) is 13.0. The summed E-state index contributed by atoms with van der Waals surface area (Å²) in [6.45, 7) is 2.01. The summed E-state index contributed by atoms with van der Waals surface area (Å²) >= 11 is 0. The summed E-state index contributed by atoms with van der Waals surface area (Å²) in [5.74, 6) is -0.619. The molecule has 1 aliphatic rings. The van der Waals surface area contributed by atoms with E-state index < -0.39 is 5.91 Å². The molecule has 2 N–H and O–H groups in total. The number of nitrogens with zero attached hydrogens (tertiary/aromatic N) is 1. The molecule has 0 spiro atoms. The van der Waals surface area contributed by atoms with Gasteiger partial charge < -0.3 is 5.32 Å². The van der Waals surface area contributed by atoms with Crippen LogP contribution in [0.3, 0.4) is 0 Å². The van der Waals surface area contributed by atoms with Gasteiger partial charge in [0, 0.05) is 6.04 Å². The fourth-order valence-corrected chi connectivity index (χ4v) is 2.54. The van der Waals surface area contributed by atoms with Crippen molar-refractivity contribution in [3.63, 3.8) is 0 Å². The quantitative estimate of drug-likeness (QED) is 0.497. The minimum absolute atomic E-state index is 0.179. The maximum atomic E-state index is 11.8. The van der Waals surface area contributed by atoms with Crippen molar-refractivity contribution in [3.05, 3.63) is 35.4 Å². The van der Waals surface area contributed by atoms with E-state index in [1.54, 1.807) is 6.21 Å². The lowest BCUT2D eigenvalue weighted by atomic mass is 9.95. The average Bonchev–Trinajstić information content (AvgIpc) is 2.50. The highest BCUT2D eigenvalue weighted by molar-refractivity contribution is 5.97. The highest BCUT2D eigenvalue weighted by atomic mass is 16.2. The summed E-state index contributed by atoms with van der Waals surface area (Å²) in [4.78, 5) is 23.4. The Morgan fingerprint density at radius 2 is 1.82 bits per heavy atom. The smallest absolute Gasteiger partial charge is 0.249 e. The lowest BCUT2D eigenvalue weighted by molar-refractivity contribution is -0.129. The fraction of sp³-hybridized carbons (Fsp3) is 0.471. The van der Waals surface area contributed by atoms with Gasteiger partial charge in [-0.2, -0.15) is 5.10 Å². The van der Waals surface area contributed by atoms with Crippen LogP contribution in [0.5, 0.6) is 0 Å². The first-order chi connectivity index (χ1) is 10.6.